The molecule has 3 N–H and O–H groups in total. The Kier molecular flexibility index (Phi) is 5.29. The van der Waals surface area contributed by atoms with Crippen LogP contribution in [-0.2, 0) is 16.5 Å². The van der Waals surface area contributed by atoms with Crippen molar-refractivity contribution in [2.45, 2.75) is 30.7 Å². The summed E-state index contributed by atoms with van der Waals surface area (Å²) in [7, 11) is 0. The molecular formula is C23H23F3N4O3. The standard InChI is InChI=1S/C23H23F3N4O3/c24-23(25,26)16-5-6-18-19(11-16)29-21(28-18)27-17-7-9-30(10-8-17)20(31)14-1-3-15(4-2-14)22(32)12-33-13-22/h1-6,11,17,32H,7-10,12-13H2,(H2,27,28,29). The number of aliphatic hydroxyl groups is 1. The number of carbonyl (C=O) groups is 1. The van der Waals surface area contributed by atoms with Crippen molar-refractivity contribution in [3.63, 3.8) is 0 Å². The van der Waals surface area contributed by atoms with Gasteiger partial charge in [-0.2, -0.15) is 13.2 Å². The number of ether oxygens (including phenoxy) is 1. The van der Waals surface area contributed by atoms with Crippen molar-refractivity contribution in [2.75, 3.05) is 31.6 Å². The quantitative estimate of drug-likeness (QED) is 0.554. The monoisotopic (exact) mass is 460 g/mol. The molecule has 3 aromatic rings. The number of imidazole rings is 1. The fraction of sp³-hybridized carbons (Fsp3) is 0.391. The number of nitrogens with one attached hydrogen (secondary N) is 2. The number of carbonyl (C=O) groups excluding carboxylic acids is 1. The molecule has 2 saturated heterocycles. The first-order valence-corrected chi connectivity index (χ1v) is 10.7. The maximum atomic E-state index is 12.9. The van der Waals surface area contributed by atoms with Gasteiger partial charge in [-0.3, -0.25) is 4.79 Å². The minimum Gasteiger partial charge on any atom is -0.380 e. The van der Waals surface area contributed by atoms with Crippen molar-refractivity contribution >= 4 is 22.9 Å². The van der Waals surface area contributed by atoms with Crippen molar-refractivity contribution < 1.29 is 27.8 Å². The zero-order valence-corrected chi connectivity index (χ0v) is 17.7. The third kappa shape index (κ3) is 4.28. The molecule has 0 saturated carbocycles. The number of anilines is 1. The van der Waals surface area contributed by atoms with Gasteiger partial charge in [-0.1, -0.05) is 12.1 Å². The van der Waals surface area contributed by atoms with E-state index in [0.717, 1.165) is 17.7 Å². The second-order valence-electron chi connectivity index (χ2n) is 8.63. The number of piperidine rings is 1. The summed E-state index contributed by atoms with van der Waals surface area (Å²) >= 11 is 0. The Balaban J connectivity index is 1.18. The smallest absolute Gasteiger partial charge is 0.380 e. The van der Waals surface area contributed by atoms with Crippen LogP contribution >= 0.6 is 0 Å². The van der Waals surface area contributed by atoms with Gasteiger partial charge in [-0.15, -0.1) is 0 Å². The van der Waals surface area contributed by atoms with Crippen molar-refractivity contribution in [1.82, 2.24) is 14.9 Å². The molecule has 174 valence electrons. The zero-order chi connectivity index (χ0) is 23.2. The lowest BCUT2D eigenvalue weighted by atomic mass is 9.91. The predicted molar refractivity (Wildman–Crippen MR) is 115 cm³/mol. The lowest BCUT2D eigenvalue weighted by Crippen LogP contribution is -2.46. The van der Waals surface area contributed by atoms with Crippen molar-refractivity contribution in [3.05, 3.63) is 59.2 Å². The number of fused-ring (bicyclic) bond motifs is 1. The molecule has 5 rings (SSSR count). The normalized spacial score (nSPS) is 18.8. The molecule has 33 heavy (non-hydrogen) atoms. The third-order valence-corrected chi connectivity index (χ3v) is 6.28. The van der Waals surface area contributed by atoms with Gasteiger partial charge in [-0.25, -0.2) is 4.98 Å². The number of hydrogen-bond acceptors (Lipinski definition) is 5. The van der Waals surface area contributed by atoms with E-state index in [1.54, 1.807) is 29.2 Å². The van der Waals surface area contributed by atoms with Gasteiger partial charge in [0.1, 0.15) is 5.60 Å². The number of aromatic amines is 1. The van der Waals surface area contributed by atoms with Gasteiger partial charge >= 0.3 is 6.18 Å². The van der Waals surface area contributed by atoms with Gasteiger partial charge in [0.25, 0.3) is 5.91 Å². The first-order valence-electron chi connectivity index (χ1n) is 10.7. The van der Waals surface area contributed by atoms with E-state index in [1.165, 1.54) is 6.07 Å². The Hall–Kier alpha value is -3.11. The van der Waals surface area contributed by atoms with Gasteiger partial charge in [0.2, 0.25) is 5.95 Å². The van der Waals surface area contributed by atoms with Crippen LogP contribution in [0.1, 0.15) is 34.3 Å². The van der Waals surface area contributed by atoms with Crippen LogP contribution in [-0.4, -0.2) is 58.2 Å². The largest absolute Gasteiger partial charge is 0.416 e. The number of aromatic nitrogens is 2. The number of alkyl halides is 3. The van der Waals surface area contributed by atoms with E-state index in [4.69, 9.17) is 4.74 Å². The molecule has 2 fully saturated rings. The highest BCUT2D eigenvalue weighted by molar-refractivity contribution is 5.94. The highest BCUT2D eigenvalue weighted by atomic mass is 19.4. The molecule has 0 spiro atoms. The summed E-state index contributed by atoms with van der Waals surface area (Å²) in [6.07, 6.45) is -3.03. The molecular weight excluding hydrogens is 437 g/mol. The maximum Gasteiger partial charge on any atom is 0.416 e. The number of nitrogens with zero attached hydrogens (tertiary/aromatic N) is 2. The minimum absolute atomic E-state index is 0.0481. The molecule has 1 amide bonds. The van der Waals surface area contributed by atoms with E-state index in [0.29, 0.717) is 48.5 Å². The van der Waals surface area contributed by atoms with E-state index in [2.05, 4.69) is 15.3 Å². The molecule has 10 heteroatoms. The van der Waals surface area contributed by atoms with Gasteiger partial charge in [0.15, 0.2) is 0 Å². The lowest BCUT2D eigenvalue weighted by Gasteiger charge is -2.37. The molecule has 0 unspecified atom stereocenters. The number of benzene rings is 2. The van der Waals surface area contributed by atoms with Crippen LogP contribution in [0.15, 0.2) is 42.5 Å². The summed E-state index contributed by atoms with van der Waals surface area (Å²) in [5.41, 5.74) is 0.394. The fourth-order valence-corrected chi connectivity index (χ4v) is 4.24. The van der Waals surface area contributed by atoms with Gasteiger partial charge in [0.05, 0.1) is 29.8 Å². The predicted octanol–water partition coefficient (Wildman–Crippen LogP) is 3.52. The number of likely N-dealkylation sites (tertiary alicyclic amines) is 1. The molecule has 0 aliphatic carbocycles. The summed E-state index contributed by atoms with van der Waals surface area (Å²) in [5.74, 6) is 0.350. The molecule has 0 bridgehead atoms. The topological polar surface area (TPSA) is 90.5 Å². The van der Waals surface area contributed by atoms with Crippen LogP contribution in [0, 0.1) is 0 Å². The molecule has 0 atom stereocenters. The summed E-state index contributed by atoms with van der Waals surface area (Å²) in [4.78, 5) is 21.9. The zero-order valence-electron chi connectivity index (χ0n) is 17.7. The SMILES string of the molecule is O=C(c1ccc(C2(O)COC2)cc1)N1CCC(Nc2nc3ccc(C(F)(F)F)cc3[nH]2)CC1. The van der Waals surface area contributed by atoms with Crippen molar-refractivity contribution in [2.24, 2.45) is 0 Å². The molecule has 2 aromatic carbocycles. The van der Waals surface area contributed by atoms with Crippen LogP contribution in [0.3, 0.4) is 0 Å². The fourth-order valence-electron chi connectivity index (χ4n) is 4.24. The molecule has 1 aromatic heterocycles. The Morgan fingerprint density at radius 2 is 1.85 bits per heavy atom. The van der Waals surface area contributed by atoms with E-state index in [-0.39, 0.29) is 25.2 Å². The summed E-state index contributed by atoms with van der Waals surface area (Å²) < 4.78 is 43.8. The minimum atomic E-state index is -4.41. The Bertz CT molecular complexity index is 1160. The molecule has 7 nitrogen and oxygen atoms in total. The van der Waals surface area contributed by atoms with Crippen molar-refractivity contribution in [1.29, 1.82) is 0 Å². The van der Waals surface area contributed by atoms with Crippen LogP contribution in [0.5, 0.6) is 0 Å². The second-order valence-corrected chi connectivity index (χ2v) is 8.63. The van der Waals surface area contributed by atoms with E-state index < -0.39 is 17.3 Å². The molecule has 2 aliphatic heterocycles. The van der Waals surface area contributed by atoms with Crippen LogP contribution in [0.25, 0.3) is 11.0 Å². The number of halogens is 3. The summed E-state index contributed by atoms with van der Waals surface area (Å²) in [6.45, 7) is 1.62. The van der Waals surface area contributed by atoms with Gasteiger partial charge < -0.3 is 25.0 Å². The lowest BCUT2D eigenvalue weighted by molar-refractivity contribution is -0.184. The average Bonchev–Trinajstić information content (AvgIpc) is 3.18. The van der Waals surface area contributed by atoms with Crippen LogP contribution in [0.2, 0.25) is 0 Å². The second kappa shape index (κ2) is 8.03. The summed E-state index contributed by atoms with van der Waals surface area (Å²) in [5, 5.41) is 13.6. The first-order chi connectivity index (χ1) is 15.7. The number of rotatable bonds is 4. The number of amides is 1. The molecule has 3 heterocycles. The van der Waals surface area contributed by atoms with Gasteiger partial charge in [-0.05, 0) is 48.7 Å². The van der Waals surface area contributed by atoms with E-state index in [9.17, 15) is 23.1 Å². The van der Waals surface area contributed by atoms with E-state index in [1.807, 2.05) is 0 Å². The first kappa shape index (κ1) is 21.7. The maximum absolute atomic E-state index is 12.9. The molecule has 2 aliphatic rings. The molecule has 0 radical (unpaired) electrons. The van der Waals surface area contributed by atoms with Crippen molar-refractivity contribution in [3.8, 4) is 0 Å². The Morgan fingerprint density at radius 3 is 2.45 bits per heavy atom. The third-order valence-electron chi connectivity index (χ3n) is 6.28. The highest BCUT2D eigenvalue weighted by Crippen LogP contribution is 2.32. The summed E-state index contributed by atoms with van der Waals surface area (Å²) in [6, 6.07) is 10.4. The highest BCUT2D eigenvalue weighted by Gasteiger charge is 2.38. The van der Waals surface area contributed by atoms with Gasteiger partial charge in [0, 0.05) is 24.7 Å². The Morgan fingerprint density at radius 1 is 1.15 bits per heavy atom. The number of H-pyrrole nitrogens is 1. The number of hydrogen-bond donors (Lipinski definition) is 3. The Labute approximate surface area is 187 Å². The van der Waals surface area contributed by atoms with E-state index >= 15 is 0 Å². The van der Waals surface area contributed by atoms with Crippen LogP contribution < -0.4 is 5.32 Å². The average molecular weight is 460 g/mol. The van der Waals surface area contributed by atoms with Crippen LogP contribution in [0.4, 0.5) is 19.1 Å².